The van der Waals surface area contributed by atoms with Crippen molar-refractivity contribution >= 4 is 11.9 Å². The van der Waals surface area contributed by atoms with Gasteiger partial charge in [0.05, 0.1) is 11.9 Å². The van der Waals surface area contributed by atoms with Gasteiger partial charge in [-0.1, -0.05) is 51.9 Å². The Morgan fingerprint density at radius 1 is 0.889 bits per heavy atom. The summed E-state index contributed by atoms with van der Waals surface area (Å²) in [6.07, 6.45) is 7.39. The SMILES string of the molecule is CCCCCCCCCC(C(=O)[O-])C(=O)[O-].[K+].[Na+]. The van der Waals surface area contributed by atoms with Crippen LogP contribution in [0.5, 0.6) is 0 Å². The molecule has 0 aliphatic heterocycles. The third kappa shape index (κ3) is 14.0. The smallest absolute Gasteiger partial charge is 0.549 e. The normalized spacial score (nSPS) is 9.44. The van der Waals surface area contributed by atoms with Crippen LogP contribution in [0, 0.1) is 5.92 Å². The van der Waals surface area contributed by atoms with Crippen LogP contribution < -0.4 is 91.2 Å². The maximum atomic E-state index is 10.4. The molecule has 0 saturated carbocycles. The Morgan fingerprint density at radius 3 is 1.67 bits per heavy atom. The molecule has 0 heterocycles. The third-order valence-electron chi connectivity index (χ3n) is 2.67. The molecule has 18 heavy (non-hydrogen) atoms. The molecular weight excluding hydrogens is 270 g/mol. The predicted octanol–water partition coefficient (Wildman–Crippen LogP) is -5.75. The van der Waals surface area contributed by atoms with Crippen LogP contribution in [0.25, 0.3) is 0 Å². The number of carbonyl (C=O) groups is 2. The zero-order chi connectivity index (χ0) is 12.4. The number of rotatable bonds is 10. The van der Waals surface area contributed by atoms with Crippen molar-refractivity contribution in [3.8, 4) is 0 Å². The van der Waals surface area contributed by atoms with Gasteiger partial charge >= 0.3 is 80.9 Å². The summed E-state index contributed by atoms with van der Waals surface area (Å²) in [4.78, 5) is 20.8. The molecule has 0 saturated heterocycles. The fourth-order valence-corrected chi connectivity index (χ4v) is 1.64. The van der Waals surface area contributed by atoms with Gasteiger partial charge in [0.15, 0.2) is 0 Å². The van der Waals surface area contributed by atoms with Crippen LogP contribution in [-0.2, 0) is 9.59 Å². The minimum Gasteiger partial charge on any atom is -0.549 e. The van der Waals surface area contributed by atoms with Gasteiger partial charge in [0.1, 0.15) is 0 Å². The summed E-state index contributed by atoms with van der Waals surface area (Å²) in [5.41, 5.74) is 0. The maximum absolute atomic E-state index is 10.4. The summed E-state index contributed by atoms with van der Waals surface area (Å²) in [5.74, 6) is -4.52. The molecule has 0 rings (SSSR count). The summed E-state index contributed by atoms with van der Waals surface area (Å²) < 4.78 is 0. The van der Waals surface area contributed by atoms with Crippen molar-refractivity contribution in [2.45, 2.75) is 58.3 Å². The molecular formula is C12H20KNaO4. The van der Waals surface area contributed by atoms with E-state index >= 15 is 0 Å². The predicted molar refractivity (Wildman–Crippen MR) is 56.1 cm³/mol. The summed E-state index contributed by atoms with van der Waals surface area (Å²) >= 11 is 0. The molecule has 0 aliphatic carbocycles. The van der Waals surface area contributed by atoms with E-state index in [0.717, 1.165) is 19.3 Å². The molecule has 0 amide bonds. The van der Waals surface area contributed by atoms with Crippen molar-refractivity contribution in [3.63, 3.8) is 0 Å². The zero-order valence-corrected chi connectivity index (χ0v) is 17.0. The van der Waals surface area contributed by atoms with Gasteiger partial charge in [0, 0.05) is 5.92 Å². The second-order valence-electron chi connectivity index (χ2n) is 4.10. The molecule has 6 heteroatoms. The van der Waals surface area contributed by atoms with Crippen molar-refractivity contribution in [1.82, 2.24) is 0 Å². The second kappa shape index (κ2) is 16.6. The van der Waals surface area contributed by atoms with Crippen molar-refractivity contribution < 1.29 is 101 Å². The Balaban J connectivity index is -0.00000112. The molecule has 0 aromatic rings. The van der Waals surface area contributed by atoms with Crippen LogP contribution in [-0.4, -0.2) is 11.9 Å². The molecule has 94 valence electrons. The summed E-state index contributed by atoms with van der Waals surface area (Å²) in [6, 6.07) is 0. The monoisotopic (exact) mass is 290 g/mol. The van der Waals surface area contributed by atoms with E-state index in [9.17, 15) is 19.8 Å². The number of hydrogen-bond acceptors (Lipinski definition) is 4. The molecule has 0 fully saturated rings. The maximum Gasteiger partial charge on any atom is 1.00 e. The van der Waals surface area contributed by atoms with Gasteiger partial charge in [-0.15, -0.1) is 0 Å². The van der Waals surface area contributed by atoms with Gasteiger partial charge in [0.2, 0.25) is 0 Å². The van der Waals surface area contributed by atoms with Crippen LogP contribution in [0.1, 0.15) is 58.3 Å². The van der Waals surface area contributed by atoms with Gasteiger partial charge in [-0.3, -0.25) is 0 Å². The fourth-order valence-electron chi connectivity index (χ4n) is 1.64. The van der Waals surface area contributed by atoms with Crippen LogP contribution in [0.4, 0.5) is 0 Å². The number of carboxylic acid groups (broad SMARTS) is 2. The van der Waals surface area contributed by atoms with Crippen LogP contribution in [0.15, 0.2) is 0 Å². The third-order valence-corrected chi connectivity index (χ3v) is 2.67. The number of unbranched alkanes of at least 4 members (excludes halogenated alkanes) is 6. The quantitative estimate of drug-likeness (QED) is 0.228. The number of carbonyl (C=O) groups excluding carboxylic acids is 2. The summed E-state index contributed by atoms with van der Waals surface area (Å²) in [5, 5.41) is 20.8. The molecule has 0 aromatic heterocycles. The number of carboxylic acids is 2. The molecule has 0 radical (unpaired) electrons. The van der Waals surface area contributed by atoms with Gasteiger partial charge in [-0.2, -0.15) is 0 Å². The Morgan fingerprint density at radius 2 is 1.28 bits per heavy atom. The first kappa shape index (κ1) is 24.6. The van der Waals surface area contributed by atoms with Gasteiger partial charge in [-0.25, -0.2) is 0 Å². The molecule has 0 aliphatic rings. The Kier molecular flexibility index (Phi) is 22.7. The molecule has 0 bridgehead atoms. The van der Waals surface area contributed by atoms with E-state index in [2.05, 4.69) is 6.92 Å². The summed E-state index contributed by atoms with van der Waals surface area (Å²) in [7, 11) is 0. The van der Waals surface area contributed by atoms with E-state index < -0.39 is 17.9 Å². The van der Waals surface area contributed by atoms with Crippen molar-refractivity contribution in [2.75, 3.05) is 0 Å². The van der Waals surface area contributed by atoms with Crippen LogP contribution in [0.2, 0.25) is 0 Å². The minimum atomic E-state index is -1.54. The topological polar surface area (TPSA) is 80.3 Å². The van der Waals surface area contributed by atoms with E-state index in [1.54, 1.807) is 0 Å². The van der Waals surface area contributed by atoms with E-state index in [4.69, 9.17) is 0 Å². The molecule has 0 N–H and O–H groups in total. The van der Waals surface area contributed by atoms with E-state index in [1.165, 1.54) is 19.3 Å². The average Bonchev–Trinajstić information content (AvgIpc) is 2.21. The van der Waals surface area contributed by atoms with Gasteiger partial charge in [-0.05, 0) is 6.42 Å². The largest absolute Gasteiger partial charge is 1.00 e. The first-order valence-corrected chi connectivity index (χ1v) is 6.01. The first-order chi connectivity index (χ1) is 7.59. The number of hydrogen-bond donors (Lipinski definition) is 0. The molecule has 4 nitrogen and oxygen atoms in total. The van der Waals surface area contributed by atoms with Crippen molar-refractivity contribution in [2.24, 2.45) is 5.92 Å². The van der Waals surface area contributed by atoms with Crippen molar-refractivity contribution in [3.05, 3.63) is 0 Å². The molecule has 0 spiro atoms. The average molecular weight is 290 g/mol. The van der Waals surface area contributed by atoms with E-state index in [-0.39, 0.29) is 87.4 Å². The van der Waals surface area contributed by atoms with Crippen molar-refractivity contribution in [1.29, 1.82) is 0 Å². The van der Waals surface area contributed by atoms with E-state index in [0.29, 0.717) is 6.42 Å². The molecule has 0 atom stereocenters. The summed E-state index contributed by atoms with van der Waals surface area (Å²) in [6.45, 7) is 2.14. The first-order valence-electron chi connectivity index (χ1n) is 6.01. The number of aliphatic carboxylic acids is 2. The fraction of sp³-hybridized carbons (Fsp3) is 0.833. The van der Waals surface area contributed by atoms with Gasteiger partial charge in [0.25, 0.3) is 0 Å². The Labute approximate surface area is 174 Å². The Hall–Kier alpha value is 1.58. The molecule has 0 unspecified atom stereocenters. The van der Waals surface area contributed by atoms with Crippen LogP contribution in [0.3, 0.4) is 0 Å². The van der Waals surface area contributed by atoms with Crippen LogP contribution >= 0.6 is 0 Å². The van der Waals surface area contributed by atoms with E-state index in [1.807, 2.05) is 0 Å². The Bertz CT molecular complexity index is 210. The second-order valence-corrected chi connectivity index (χ2v) is 4.10. The standard InChI is InChI=1S/C12H22O4.K.Na/c1-2-3-4-5-6-7-8-9-10(11(13)14)12(15)16;;/h10H,2-9H2,1H3,(H,13,14)(H,15,16);;/q;2*+1/p-2. The zero-order valence-electron chi connectivity index (χ0n) is 11.9. The molecule has 0 aromatic carbocycles. The minimum absolute atomic E-state index is 0. The van der Waals surface area contributed by atoms with Gasteiger partial charge < -0.3 is 19.8 Å².